The fraction of sp³-hybridized carbons (Fsp3) is 0.273. The fourth-order valence-corrected chi connectivity index (χ4v) is 7.87. The lowest BCUT2D eigenvalue weighted by molar-refractivity contribution is -0.138. The third-order valence-electron chi connectivity index (χ3n) is 9.45. The molecule has 0 spiro atoms. The summed E-state index contributed by atoms with van der Waals surface area (Å²) in [4.78, 5) is 56.1. The number of hydrazine groups is 1. The summed E-state index contributed by atoms with van der Waals surface area (Å²) in [5.41, 5.74) is 4.21. The van der Waals surface area contributed by atoms with E-state index in [-0.39, 0.29) is 24.5 Å². The number of aromatic hydroxyl groups is 1. The van der Waals surface area contributed by atoms with E-state index in [0.29, 0.717) is 21.3 Å². The van der Waals surface area contributed by atoms with Gasteiger partial charge in [0.05, 0.1) is 41.2 Å². The van der Waals surface area contributed by atoms with Crippen LogP contribution in [0.3, 0.4) is 0 Å². The number of anilines is 1. The van der Waals surface area contributed by atoms with Gasteiger partial charge in [0.15, 0.2) is 11.5 Å². The number of aryl methyl sites for hydroxylation is 1. The molecule has 3 aromatic carbocycles. The zero-order valence-corrected chi connectivity index (χ0v) is 26.3. The number of ether oxygens (including phenoxy) is 1. The summed E-state index contributed by atoms with van der Waals surface area (Å²) in [6, 6.07) is 19.3. The molecule has 1 saturated heterocycles. The van der Waals surface area contributed by atoms with Gasteiger partial charge in [-0.1, -0.05) is 54.1 Å². The molecule has 11 nitrogen and oxygen atoms in total. The molecule has 1 aromatic heterocycles. The minimum Gasteiger partial charge on any atom is -0.503 e. The number of rotatable bonds is 5. The largest absolute Gasteiger partial charge is 0.503 e. The number of benzene rings is 3. The molecule has 4 atom stereocenters. The summed E-state index contributed by atoms with van der Waals surface area (Å²) in [7, 11) is 2.86. The molecule has 0 radical (unpaired) electrons. The topological polar surface area (TPSA) is 128 Å². The second-order valence-electron chi connectivity index (χ2n) is 11.7. The highest BCUT2D eigenvalue weighted by Crippen LogP contribution is 2.62. The number of carbonyl (C=O) groups is 2. The van der Waals surface area contributed by atoms with Crippen LogP contribution in [-0.4, -0.2) is 43.0 Å². The molecule has 1 aliphatic carbocycles. The van der Waals surface area contributed by atoms with E-state index in [1.807, 2.05) is 55.5 Å². The smallest absolute Gasteiger partial charge is 0.347 e. The van der Waals surface area contributed by atoms with E-state index < -0.39 is 46.5 Å². The van der Waals surface area contributed by atoms with Gasteiger partial charge in [-0.3, -0.25) is 15.0 Å². The van der Waals surface area contributed by atoms with Gasteiger partial charge in [-0.15, -0.1) is 0 Å². The zero-order chi connectivity index (χ0) is 31.8. The van der Waals surface area contributed by atoms with Crippen LogP contribution in [0, 0.1) is 12.8 Å². The van der Waals surface area contributed by atoms with Crippen molar-refractivity contribution >= 4 is 33.4 Å². The first-order valence-electron chi connectivity index (χ1n) is 14.5. The van der Waals surface area contributed by atoms with Crippen LogP contribution in [0.2, 0.25) is 0 Å². The van der Waals surface area contributed by atoms with Gasteiger partial charge >= 0.3 is 11.4 Å². The van der Waals surface area contributed by atoms with Crippen LogP contribution in [0.15, 0.2) is 92.4 Å². The van der Waals surface area contributed by atoms with E-state index in [2.05, 4.69) is 21.4 Å². The number of nitrogens with zero attached hydrogens (tertiary/aromatic N) is 4. The Hall–Kier alpha value is -4.84. The second kappa shape index (κ2) is 10.4. The zero-order valence-electron chi connectivity index (χ0n) is 24.7. The number of carbonyl (C=O) groups excluding carboxylic acids is 2. The number of amides is 2. The number of allylic oxidation sites excluding steroid dienone is 2. The van der Waals surface area contributed by atoms with E-state index in [0.717, 1.165) is 20.7 Å². The number of fused-ring (bicyclic) bond motifs is 4. The Morgan fingerprint density at radius 3 is 2.40 bits per heavy atom. The number of phenols is 1. The van der Waals surface area contributed by atoms with Crippen molar-refractivity contribution in [3.8, 4) is 11.5 Å². The molecule has 2 N–H and O–H groups in total. The average molecular weight is 673 g/mol. The Labute approximate surface area is 266 Å². The predicted octanol–water partition coefficient (Wildman–Crippen LogP) is 3.75. The summed E-state index contributed by atoms with van der Waals surface area (Å²) in [6.45, 7) is 2.06. The lowest BCUT2D eigenvalue weighted by atomic mass is 9.53. The van der Waals surface area contributed by atoms with E-state index in [1.54, 1.807) is 24.3 Å². The van der Waals surface area contributed by atoms with Crippen LogP contribution in [-0.2, 0) is 28.6 Å². The van der Waals surface area contributed by atoms with Crippen molar-refractivity contribution in [2.75, 3.05) is 12.5 Å². The molecular weight excluding hydrogens is 642 g/mol. The standard InChI is InChI=1S/C33H30BrN5O6/c1-18-9-11-21(12-10-18)35-38-29(41)23-17-25-22(13-14-37-31(43)36(2)32(44)39(25)37)27(19-15-24(34)28(40)26(16-19)45-3)33(23,30(38)42)20-7-5-4-6-8-20/h4-13,15-16,23,25,27,35,40H,14,17H2,1-3H3. The highest BCUT2D eigenvalue weighted by molar-refractivity contribution is 9.10. The average Bonchev–Trinajstić information content (AvgIpc) is 3.40. The van der Waals surface area contributed by atoms with Crippen molar-refractivity contribution < 1.29 is 19.4 Å². The molecule has 4 unspecified atom stereocenters. The van der Waals surface area contributed by atoms with Crippen molar-refractivity contribution in [1.29, 1.82) is 0 Å². The van der Waals surface area contributed by atoms with Crippen LogP contribution in [0.5, 0.6) is 11.5 Å². The van der Waals surface area contributed by atoms with Crippen LogP contribution in [0.4, 0.5) is 5.69 Å². The van der Waals surface area contributed by atoms with Crippen LogP contribution < -0.4 is 21.5 Å². The molecule has 4 aromatic rings. The van der Waals surface area contributed by atoms with Crippen LogP contribution >= 0.6 is 15.9 Å². The molecule has 7 rings (SSSR count). The summed E-state index contributed by atoms with van der Waals surface area (Å²) in [5.74, 6) is -2.53. The molecule has 2 amide bonds. The van der Waals surface area contributed by atoms with Gasteiger partial charge in [-0.2, -0.15) is 5.01 Å². The number of nitrogens with one attached hydrogen (secondary N) is 1. The summed E-state index contributed by atoms with van der Waals surface area (Å²) >= 11 is 3.45. The van der Waals surface area contributed by atoms with Gasteiger partial charge in [0, 0.05) is 13.0 Å². The molecule has 2 fully saturated rings. The monoisotopic (exact) mass is 671 g/mol. The van der Waals surface area contributed by atoms with E-state index in [9.17, 15) is 19.5 Å². The van der Waals surface area contributed by atoms with Crippen molar-refractivity contribution in [3.05, 3.63) is 121 Å². The van der Waals surface area contributed by atoms with Crippen LogP contribution in [0.25, 0.3) is 0 Å². The van der Waals surface area contributed by atoms with Crippen molar-refractivity contribution in [3.63, 3.8) is 0 Å². The first-order valence-corrected chi connectivity index (χ1v) is 15.3. The summed E-state index contributed by atoms with van der Waals surface area (Å²) < 4.78 is 9.71. The molecule has 1 saturated carbocycles. The SMILES string of the molecule is COc1cc(C2C3=CCn4c(=O)n(C)c(=O)n4C3CC3C(=O)N(Nc4ccc(C)cc4)C(=O)C32c2ccccc2)cc(Br)c1O. The number of aromatic nitrogens is 3. The predicted molar refractivity (Wildman–Crippen MR) is 169 cm³/mol. The normalized spacial score (nSPS) is 23.7. The van der Waals surface area contributed by atoms with Crippen molar-refractivity contribution in [1.82, 2.24) is 18.9 Å². The maximum atomic E-state index is 15.1. The van der Waals surface area contributed by atoms with E-state index >= 15 is 4.79 Å². The fourth-order valence-electron chi connectivity index (χ4n) is 7.41. The van der Waals surface area contributed by atoms with Gasteiger partial charge < -0.3 is 9.84 Å². The van der Waals surface area contributed by atoms with E-state index in [4.69, 9.17) is 4.74 Å². The maximum absolute atomic E-state index is 15.1. The Balaban J connectivity index is 1.52. The summed E-state index contributed by atoms with van der Waals surface area (Å²) in [6.07, 6.45) is 1.99. The summed E-state index contributed by atoms with van der Waals surface area (Å²) in [5, 5.41) is 11.8. The third kappa shape index (κ3) is 4.01. The molecule has 3 heterocycles. The van der Waals surface area contributed by atoms with Gasteiger partial charge in [0.2, 0.25) is 0 Å². The molecule has 12 heteroatoms. The van der Waals surface area contributed by atoms with Crippen molar-refractivity contribution in [2.45, 2.75) is 37.3 Å². The Kier molecular flexibility index (Phi) is 6.66. The van der Waals surface area contributed by atoms with E-state index in [1.165, 1.54) is 23.5 Å². The molecule has 230 valence electrons. The lowest BCUT2D eigenvalue weighted by Gasteiger charge is -2.49. The number of hydrogen-bond donors (Lipinski definition) is 2. The highest BCUT2D eigenvalue weighted by atomic mass is 79.9. The first kappa shape index (κ1) is 28.9. The second-order valence-corrected chi connectivity index (χ2v) is 12.6. The maximum Gasteiger partial charge on any atom is 0.347 e. The molecule has 3 aliphatic rings. The minimum absolute atomic E-state index is 0.105. The number of hydrogen-bond acceptors (Lipinski definition) is 7. The third-order valence-corrected chi connectivity index (χ3v) is 10.1. The number of imide groups is 1. The van der Waals surface area contributed by atoms with Crippen LogP contribution in [0.1, 0.15) is 35.1 Å². The molecule has 2 aliphatic heterocycles. The van der Waals surface area contributed by atoms with Gasteiger partial charge in [0.1, 0.15) is 0 Å². The number of halogens is 1. The molecular formula is C33H30BrN5O6. The molecule has 0 bridgehead atoms. The Morgan fingerprint density at radius 1 is 1.00 bits per heavy atom. The Bertz CT molecular complexity index is 2030. The first-order chi connectivity index (χ1) is 21.6. The minimum atomic E-state index is -1.44. The van der Waals surface area contributed by atoms with Gasteiger partial charge in [0.25, 0.3) is 11.8 Å². The van der Waals surface area contributed by atoms with Gasteiger partial charge in [-0.25, -0.2) is 23.5 Å². The number of phenolic OH excluding ortho intramolecular Hbond substituents is 1. The lowest BCUT2D eigenvalue weighted by Crippen LogP contribution is -2.53. The molecule has 45 heavy (non-hydrogen) atoms. The Morgan fingerprint density at radius 2 is 1.71 bits per heavy atom. The van der Waals surface area contributed by atoms with Crippen molar-refractivity contribution in [2.24, 2.45) is 13.0 Å². The highest BCUT2D eigenvalue weighted by Gasteiger charge is 2.68. The quantitative estimate of drug-likeness (QED) is 0.244. The van der Waals surface area contributed by atoms with Gasteiger partial charge in [-0.05, 0) is 70.2 Å². The number of methoxy groups -OCH3 is 1.